The molecule has 0 saturated carbocycles. The topological polar surface area (TPSA) is 75.2 Å². The van der Waals surface area contributed by atoms with E-state index in [1.54, 1.807) is 18.2 Å². The molecule has 0 unspecified atom stereocenters. The van der Waals surface area contributed by atoms with Crippen molar-refractivity contribution in [1.82, 2.24) is 19.9 Å². The van der Waals surface area contributed by atoms with Crippen LogP contribution in [0.15, 0.2) is 59.1 Å². The lowest BCUT2D eigenvalue weighted by Crippen LogP contribution is -2.21. The summed E-state index contributed by atoms with van der Waals surface area (Å²) in [6.45, 7) is 3.57. The van der Waals surface area contributed by atoms with Gasteiger partial charge in [0.1, 0.15) is 17.7 Å². The molecule has 0 aliphatic carbocycles. The molecule has 0 amide bonds. The zero-order chi connectivity index (χ0) is 20.5. The van der Waals surface area contributed by atoms with E-state index in [-0.39, 0.29) is 23.4 Å². The zero-order valence-corrected chi connectivity index (χ0v) is 16.3. The fraction of sp³-hybridized carbons (Fsp3) is 0.227. The van der Waals surface area contributed by atoms with Crippen LogP contribution in [-0.2, 0) is 17.9 Å². The number of hydrogen-bond donors (Lipinski definition) is 0. The minimum absolute atomic E-state index is 0.113. The quantitative estimate of drug-likeness (QED) is 0.489. The maximum atomic E-state index is 14.0. The lowest BCUT2D eigenvalue weighted by molar-refractivity contribution is -0.00115. The molecule has 0 spiro atoms. The molecule has 0 fully saturated rings. The summed E-state index contributed by atoms with van der Waals surface area (Å²) in [6, 6.07) is 16.0. The minimum Gasteiger partial charge on any atom is -0.494 e. The van der Waals surface area contributed by atoms with Crippen LogP contribution in [0.1, 0.15) is 24.3 Å². The molecule has 0 N–H and O–H groups in total. The zero-order valence-electron chi connectivity index (χ0n) is 16.3. The number of hydrogen-bond acceptors (Lipinski definition) is 6. The number of fused-ring (bicyclic) bond motifs is 1. The molecule has 0 saturated heterocycles. The Morgan fingerprint density at radius 2 is 2.00 bits per heavy atom. The largest absolute Gasteiger partial charge is 0.494 e. The lowest BCUT2D eigenvalue weighted by Gasteiger charge is -2.24. The van der Waals surface area contributed by atoms with E-state index < -0.39 is 5.82 Å². The maximum Gasteiger partial charge on any atom is 0.278 e. The number of halogens is 1. The molecular weight excluding hydrogens is 387 g/mol. The molecule has 2 aromatic carbocycles. The van der Waals surface area contributed by atoms with Crippen molar-refractivity contribution in [2.24, 2.45) is 0 Å². The Hall–Kier alpha value is -3.52. The van der Waals surface area contributed by atoms with Crippen molar-refractivity contribution in [3.8, 4) is 28.7 Å². The van der Waals surface area contributed by atoms with Crippen LogP contribution in [0.2, 0.25) is 0 Å². The average Bonchev–Trinajstić information content (AvgIpc) is 3.41. The highest BCUT2D eigenvalue weighted by Crippen LogP contribution is 2.30. The summed E-state index contributed by atoms with van der Waals surface area (Å²) in [7, 11) is 0. The molecule has 5 rings (SSSR count). The van der Waals surface area contributed by atoms with Gasteiger partial charge in [-0.2, -0.15) is 10.1 Å². The summed E-state index contributed by atoms with van der Waals surface area (Å²) in [4.78, 5) is 4.31. The van der Waals surface area contributed by atoms with Crippen molar-refractivity contribution >= 4 is 0 Å². The van der Waals surface area contributed by atoms with Crippen molar-refractivity contribution in [2.75, 3.05) is 6.61 Å². The third kappa shape index (κ3) is 3.46. The van der Waals surface area contributed by atoms with Crippen LogP contribution in [0.5, 0.6) is 5.75 Å². The Kier molecular flexibility index (Phi) is 4.76. The number of benzene rings is 2. The predicted molar refractivity (Wildman–Crippen MR) is 106 cm³/mol. The van der Waals surface area contributed by atoms with E-state index in [9.17, 15) is 4.39 Å². The number of ether oxygens (including phenoxy) is 2. The summed E-state index contributed by atoms with van der Waals surface area (Å²) in [5, 5.41) is 8.49. The van der Waals surface area contributed by atoms with Gasteiger partial charge < -0.3 is 14.0 Å². The van der Waals surface area contributed by atoms with Crippen LogP contribution in [0.3, 0.4) is 0 Å². The van der Waals surface area contributed by atoms with E-state index >= 15 is 0 Å². The van der Waals surface area contributed by atoms with Crippen LogP contribution in [0.4, 0.5) is 4.39 Å². The summed E-state index contributed by atoms with van der Waals surface area (Å²) < 4.78 is 32.7. The van der Waals surface area contributed by atoms with E-state index in [2.05, 4.69) is 15.2 Å². The van der Waals surface area contributed by atoms with E-state index in [1.165, 1.54) is 6.07 Å². The maximum absolute atomic E-state index is 14.0. The Morgan fingerprint density at radius 3 is 2.80 bits per heavy atom. The van der Waals surface area contributed by atoms with Gasteiger partial charge in [0.15, 0.2) is 5.69 Å². The summed E-state index contributed by atoms with van der Waals surface area (Å²) in [5.41, 5.74) is 2.80. The van der Waals surface area contributed by atoms with Gasteiger partial charge >= 0.3 is 0 Å². The van der Waals surface area contributed by atoms with Gasteiger partial charge in [0.2, 0.25) is 5.82 Å². The predicted octanol–water partition coefficient (Wildman–Crippen LogP) is 4.41. The van der Waals surface area contributed by atoms with E-state index in [1.807, 2.05) is 41.9 Å². The molecule has 2 aromatic heterocycles. The molecule has 8 heteroatoms. The van der Waals surface area contributed by atoms with Crippen LogP contribution >= 0.6 is 0 Å². The first kappa shape index (κ1) is 18.5. The molecule has 152 valence electrons. The molecular formula is C22H19FN4O3. The average molecular weight is 406 g/mol. The second kappa shape index (κ2) is 7.72. The van der Waals surface area contributed by atoms with Gasteiger partial charge in [-0.15, -0.1) is 0 Å². The summed E-state index contributed by atoms with van der Waals surface area (Å²) >= 11 is 0. The molecule has 0 bridgehead atoms. The van der Waals surface area contributed by atoms with Crippen molar-refractivity contribution in [3.05, 3.63) is 71.7 Å². The van der Waals surface area contributed by atoms with Crippen LogP contribution in [0.25, 0.3) is 23.0 Å². The van der Waals surface area contributed by atoms with E-state index in [0.29, 0.717) is 25.5 Å². The Balaban J connectivity index is 1.36. The Morgan fingerprint density at radius 1 is 1.17 bits per heavy atom. The highest BCUT2D eigenvalue weighted by atomic mass is 19.1. The monoisotopic (exact) mass is 406 g/mol. The smallest absolute Gasteiger partial charge is 0.278 e. The van der Waals surface area contributed by atoms with E-state index in [4.69, 9.17) is 14.0 Å². The molecule has 7 nitrogen and oxygen atoms in total. The van der Waals surface area contributed by atoms with Gasteiger partial charge in [0, 0.05) is 0 Å². The van der Waals surface area contributed by atoms with Gasteiger partial charge in [-0.1, -0.05) is 29.4 Å². The SMILES string of the molecule is CCOc1ccc([C@@H]2Cn3nc(-c4nc(-c5ccccc5F)no4)cc3CO2)cc1. The highest BCUT2D eigenvalue weighted by Gasteiger charge is 2.24. The van der Waals surface area contributed by atoms with Crippen molar-refractivity contribution in [1.29, 1.82) is 0 Å². The first-order valence-corrected chi connectivity index (χ1v) is 9.71. The third-order valence-electron chi connectivity index (χ3n) is 4.96. The third-order valence-corrected chi connectivity index (χ3v) is 4.96. The van der Waals surface area contributed by atoms with Gasteiger partial charge in [0.25, 0.3) is 5.89 Å². The summed E-state index contributed by atoms with van der Waals surface area (Å²) in [6.07, 6.45) is -0.113. The molecule has 1 atom stereocenters. The number of aromatic nitrogens is 4. The van der Waals surface area contributed by atoms with Gasteiger partial charge in [-0.05, 0) is 42.8 Å². The minimum atomic E-state index is -0.402. The lowest BCUT2D eigenvalue weighted by atomic mass is 10.1. The fourth-order valence-electron chi connectivity index (χ4n) is 3.46. The first-order valence-electron chi connectivity index (χ1n) is 9.71. The van der Waals surface area contributed by atoms with Crippen molar-refractivity contribution in [2.45, 2.75) is 26.2 Å². The number of rotatable bonds is 5. The Labute approximate surface area is 172 Å². The standard InChI is InChI=1S/C22H19FN4O3/c1-2-28-16-9-7-14(8-10-16)20-12-27-15(13-29-20)11-19(25-27)22-24-21(26-30-22)17-5-3-4-6-18(17)23/h3-11,20H,2,12-13H2,1H3/t20-/m0/s1. The van der Waals surface area contributed by atoms with Crippen LogP contribution in [-0.4, -0.2) is 26.5 Å². The first-order chi connectivity index (χ1) is 14.7. The van der Waals surface area contributed by atoms with Crippen LogP contribution in [0, 0.1) is 5.82 Å². The van der Waals surface area contributed by atoms with E-state index in [0.717, 1.165) is 17.0 Å². The van der Waals surface area contributed by atoms with Gasteiger partial charge in [-0.3, -0.25) is 4.68 Å². The fourth-order valence-corrected chi connectivity index (χ4v) is 3.46. The molecule has 1 aliphatic rings. The van der Waals surface area contributed by atoms with Gasteiger partial charge in [0.05, 0.1) is 31.0 Å². The molecule has 30 heavy (non-hydrogen) atoms. The molecule has 3 heterocycles. The highest BCUT2D eigenvalue weighted by molar-refractivity contribution is 5.58. The number of nitrogens with zero attached hydrogens (tertiary/aromatic N) is 4. The van der Waals surface area contributed by atoms with Crippen molar-refractivity contribution in [3.63, 3.8) is 0 Å². The summed E-state index contributed by atoms with van der Waals surface area (Å²) in [5.74, 6) is 0.868. The second-order valence-corrected chi connectivity index (χ2v) is 6.91. The second-order valence-electron chi connectivity index (χ2n) is 6.91. The molecule has 0 radical (unpaired) electrons. The molecule has 1 aliphatic heterocycles. The van der Waals surface area contributed by atoms with Crippen LogP contribution < -0.4 is 4.74 Å². The normalized spacial score (nSPS) is 15.7. The molecule has 4 aromatic rings. The Bertz CT molecular complexity index is 1170. The van der Waals surface area contributed by atoms with Gasteiger partial charge in [-0.25, -0.2) is 4.39 Å². The van der Waals surface area contributed by atoms with Crippen molar-refractivity contribution < 1.29 is 18.4 Å².